The molecule has 1 aliphatic carbocycles. The van der Waals surface area contributed by atoms with Crippen molar-refractivity contribution in [1.29, 1.82) is 0 Å². The molecule has 0 amide bonds. The third-order valence-electron chi connectivity index (χ3n) is 6.38. The summed E-state index contributed by atoms with van der Waals surface area (Å²) in [6, 6.07) is 4.09. The number of hydrogen-bond acceptors (Lipinski definition) is 5. The lowest BCUT2D eigenvalue weighted by Crippen LogP contribution is -2.52. The van der Waals surface area contributed by atoms with E-state index in [1.54, 1.807) is 6.92 Å². The van der Waals surface area contributed by atoms with Crippen LogP contribution >= 0.6 is 0 Å². The lowest BCUT2D eigenvalue weighted by molar-refractivity contribution is -0.159. The summed E-state index contributed by atoms with van der Waals surface area (Å²) < 4.78 is 25.6. The van der Waals surface area contributed by atoms with Crippen LogP contribution in [0, 0.1) is 11.7 Å². The molecule has 0 aromatic heterocycles. The number of rotatable bonds is 6. The first-order chi connectivity index (χ1) is 13.4. The van der Waals surface area contributed by atoms with Crippen LogP contribution in [0.5, 0.6) is 5.75 Å². The fraction of sp³-hybridized carbons (Fsp3) is 0.619. The molecule has 2 aliphatic heterocycles. The van der Waals surface area contributed by atoms with E-state index in [9.17, 15) is 14.0 Å². The van der Waals surface area contributed by atoms with Gasteiger partial charge < -0.3 is 14.6 Å². The molecule has 3 aliphatic rings. The molecule has 152 valence electrons. The summed E-state index contributed by atoms with van der Waals surface area (Å²) in [5.41, 5.74) is -0.943. The zero-order valence-corrected chi connectivity index (χ0v) is 16.0. The molecule has 3 fully saturated rings. The van der Waals surface area contributed by atoms with Crippen LogP contribution in [0.4, 0.5) is 4.39 Å². The third-order valence-corrected chi connectivity index (χ3v) is 6.38. The maximum Gasteiger partial charge on any atom is 0.338 e. The van der Waals surface area contributed by atoms with Gasteiger partial charge in [0.25, 0.3) is 0 Å². The predicted octanol–water partition coefficient (Wildman–Crippen LogP) is 2.89. The van der Waals surface area contributed by atoms with Gasteiger partial charge >= 0.3 is 5.97 Å². The molecule has 28 heavy (non-hydrogen) atoms. The Kier molecular flexibility index (Phi) is 5.14. The molecule has 2 heterocycles. The van der Waals surface area contributed by atoms with Crippen LogP contribution in [-0.4, -0.2) is 59.2 Å². The van der Waals surface area contributed by atoms with Crippen LogP contribution in [-0.2, 0) is 9.53 Å². The molecule has 7 heteroatoms. The Balaban J connectivity index is 1.33. The summed E-state index contributed by atoms with van der Waals surface area (Å²) in [5.74, 6) is -1.16. The number of nitrogens with zero attached hydrogens (tertiary/aromatic N) is 1. The maximum absolute atomic E-state index is 13.5. The van der Waals surface area contributed by atoms with Crippen molar-refractivity contribution in [2.75, 3.05) is 19.7 Å². The number of Topliss-reactive ketones (excluding diaryl/α,β-unsaturated/α-hetero) is 1. The first-order valence-corrected chi connectivity index (χ1v) is 9.97. The molecular weight excluding hydrogens is 365 g/mol. The van der Waals surface area contributed by atoms with Crippen LogP contribution in [0.25, 0.3) is 0 Å². The Bertz CT molecular complexity index is 770. The Hall–Kier alpha value is -1.99. The summed E-state index contributed by atoms with van der Waals surface area (Å²) in [5, 5.41) is 9.05. The quantitative estimate of drug-likeness (QED) is 0.804. The number of hydrogen-bond donors (Lipinski definition) is 1. The number of ketones is 1. The highest BCUT2D eigenvalue weighted by atomic mass is 19.1. The predicted molar refractivity (Wildman–Crippen MR) is 99.1 cm³/mol. The molecule has 0 spiro atoms. The second-order valence-corrected chi connectivity index (χ2v) is 8.19. The first kappa shape index (κ1) is 19.3. The van der Waals surface area contributed by atoms with Crippen molar-refractivity contribution < 1.29 is 28.6 Å². The summed E-state index contributed by atoms with van der Waals surface area (Å²) in [6.45, 7) is 3.78. The molecule has 6 nitrogen and oxygen atoms in total. The van der Waals surface area contributed by atoms with Crippen LogP contribution in [0.15, 0.2) is 18.2 Å². The van der Waals surface area contributed by atoms with Crippen molar-refractivity contribution in [3.05, 3.63) is 29.6 Å². The Morgan fingerprint density at radius 3 is 2.68 bits per heavy atom. The molecule has 0 radical (unpaired) electrons. The van der Waals surface area contributed by atoms with Crippen LogP contribution < -0.4 is 4.74 Å². The average molecular weight is 391 g/mol. The van der Waals surface area contributed by atoms with Crippen LogP contribution in [0.1, 0.15) is 49.4 Å². The minimum atomic E-state index is -1.31. The minimum Gasteiger partial charge on any atom is -0.489 e. The molecule has 1 aromatic rings. The fourth-order valence-electron chi connectivity index (χ4n) is 4.62. The second kappa shape index (κ2) is 7.44. The summed E-state index contributed by atoms with van der Waals surface area (Å²) >= 11 is 0. The van der Waals surface area contributed by atoms with E-state index in [1.165, 1.54) is 12.1 Å². The Morgan fingerprint density at radius 2 is 2.07 bits per heavy atom. The molecule has 0 unspecified atom stereocenters. The number of likely N-dealkylation sites (tertiary alicyclic amines) is 1. The fourth-order valence-corrected chi connectivity index (χ4v) is 4.62. The average Bonchev–Trinajstić information content (AvgIpc) is 3.43. The number of ether oxygens (including phenoxy) is 2. The zero-order chi connectivity index (χ0) is 19.9. The number of carboxylic acids is 1. The van der Waals surface area contributed by atoms with Gasteiger partial charge in [0, 0.05) is 19.1 Å². The zero-order valence-electron chi connectivity index (χ0n) is 16.0. The van der Waals surface area contributed by atoms with Crippen LogP contribution in [0.3, 0.4) is 0 Å². The SMILES string of the molecule is CC(=O)[C@@]1(C2CC2)CC[C@@H](N2CC[C@@H](Oc3ccc(F)c(C(=O)O)c3)C2)CO1. The van der Waals surface area contributed by atoms with E-state index < -0.39 is 17.4 Å². The van der Waals surface area contributed by atoms with Gasteiger partial charge in [-0.05, 0) is 63.1 Å². The number of benzene rings is 1. The van der Waals surface area contributed by atoms with E-state index in [4.69, 9.17) is 14.6 Å². The number of aromatic carboxylic acids is 1. The molecule has 1 saturated carbocycles. The van der Waals surface area contributed by atoms with Crippen molar-refractivity contribution in [2.24, 2.45) is 5.92 Å². The standard InChI is InChI=1S/C21H26FNO5/c1-13(24)21(14-2-3-14)8-6-15(12-27-21)23-9-7-17(11-23)28-16-4-5-19(22)18(10-16)20(25)26/h4-5,10,14-15,17H,2-3,6-9,11-12H2,1H3,(H,25,26)/t15-,17-,21-/m1/s1. The number of carbonyl (C=O) groups is 2. The van der Waals surface area contributed by atoms with Gasteiger partial charge in [0.1, 0.15) is 23.3 Å². The van der Waals surface area contributed by atoms with Crippen molar-refractivity contribution >= 4 is 11.8 Å². The molecule has 4 rings (SSSR count). The van der Waals surface area contributed by atoms with Crippen molar-refractivity contribution in [3.8, 4) is 5.75 Å². The van der Waals surface area contributed by atoms with E-state index in [2.05, 4.69) is 4.90 Å². The Morgan fingerprint density at radius 1 is 1.29 bits per heavy atom. The topological polar surface area (TPSA) is 76.1 Å². The van der Waals surface area contributed by atoms with E-state index in [0.717, 1.165) is 44.7 Å². The molecule has 1 aromatic carbocycles. The summed E-state index contributed by atoms with van der Waals surface area (Å²) in [4.78, 5) is 25.6. The van der Waals surface area contributed by atoms with E-state index in [-0.39, 0.29) is 23.5 Å². The number of halogens is 1. The summed E-state index contributed by atoms with van der Waals surface area (Å²) in [6.07, 6.45) is 4.62. The smallest absolute Gasteiger partial charge is 0.338 e. The molecule has 0 bridgehead atoms. The van der Waals surface area contributed by atoms with E-state index >= 15 is 0 Å². The van der Waals surface area contributed by atoms with Crippen molar-refractivity contribution in [2.45, 2.75) is 56.8 Å². The third kappa shape index (κ3) is 3.65. The van der Waals surface area contributed by atoms with Crippen LogP contribution in [0.2, 0.25) is 0 Å². The van der Waals surface area contributed by atoms with Gasteiger partial charge in [-0.25, -0.2) is 9.18 Å². The van der Waals surface area contributed by atoms with E-state index in [1.807, 2.05) is 0 Å². The second-order valence-electron chi connectivity index (χ2n) is 8.19. The van der Waals surface area contributed by atoms with Gasteiger partial charge in [-0.1, -0.05) is 0 Å². The molecular formula is C21H26FNO5. The number of carbonyl (C=O) groups excluding carboxylic acids is 1. The Labute approximate surface area is 163 Å². The van der Waals surface area contributed by atoms with Gasteiger partial charge in [-0.15, -0.1) is 0 Å². The molecule has 3 atom stereocenters. The summed E-state index contributed by atoms with van der Waals surface area (Å²) in [7, 11) is 0. The number of carboxylic acid groups (broad SMARTS) is 1. The van der Waals surface area contributed by atoms with Gasteiger partial charge in [0.05, 0.1) is 12.2 Å². The van der Waals surface area contributed by atoms with Gasteiger partial charge in [0.15, 0.2) is 5.78 Å². The highest BCUT2D eigenvalue weighted by Crippen LogP contribution is 2.47. The van der Waals surface area contributed by atoms with E-state index in [0.29, 0.717) is 24.8 Å². The van der Waals surface area contributed by atoms with Crippen molar-refractivity contribution in [1.82, 2.24) is 4.90 Å². The van der Waals surface area contributed by atoms with Gasteiger partial charge in [-0.2, -0.15) is 0 Å². The van der Waals surface area contributed by atoms with Gasteiger partial charge in [-0.3, -0.25) is 9.69 Å². The lowest BCUT2D eigenvalue weighted by Gasteiger charge is -2.41. The van der Waals surface area contributed by atoms with Crippen molar-refractivity contribution in [3.63, 3.8) is 0 Å². The first-order valence-electron chi connectivity index (χ1n) is 9.97. The highest BCUT2D eigenvalue weighted by molar-refractivity contribution is 5.88. The molecule has 1 N–H and O–H groups in total. The largest absolute Gasteiger partial charge is 0.489 e. The highest BCUT2D eigenvalue weighted by Gasteiger charge is 2.52. The van der Waals surface area contributed by atoms with Gasteiger partial charge in [0.2, 0.25) is 0 Å². The maximum atomic E-state index is 13.5. The monoisotopic (exact) mass is 391 g/mol. The minimum absolute atomic E-state index is 0.0740. The molecule has 2 saturated heterocycles. The lowest BCUT2D eigenvalue weighted by atomic mass is 9.84. The normalized spacial score (nSPS) is 30.9.